The van der Waals surface area contributed by atoms with Crippen molar-refractivity contribution in [3.8, 4) is 0 Å². The number of amides is 1. The molecule has 0 fully saturated rings. The van der Waals surface area contributed by atoms with Crippen LogP contribution < -0.4 is 10.6 Å². The van der Waals surface area contributed by atoms with Crippen molar-refractivity contribution in [1.29, 1.82) is 0 Å². The maximum atomic E-state index is 10.9. The van der Waals surface area contributed by atoms with Gasteiger partial charge in [-0.25, -0.2) is 0 Å². The molecule has 0 radical (unpaired) electrons. The third-order valence-electron chi connectivity index (χ3n) is 2.87. The zero-order chi connectivity index (χ0) is 13.8. The molecule has 0 unspecified atom stereocenters. The van der Waals surface area contributed by atoms with Crippen LogP contribution in [0.15, 0.2) is 42.5 Å². The number of rotatable bonds is 3. The van der Waals surface area contributed by atoms with Crippen molar-refractivity contribution in [2.45, 2.75) is 20.8 Å². The number of hydrogen-bond acceptors (Lipinski definition) is 2. The highest BCUT2D eigenvalue weighted by molar-refractivity contribution is 5.88. The van der Waals surface area contributed by atoms with Gasteiger partial charge in [-0.05, 0) is 49.7 Å². The molecule has 0 aliphatic heterocycles. The van der Waals surface area contributed by atoms with E-state index in [4.69, 9.17) is 0 Å². The summed E-state index contributed by atoms with van der Waals surface area (Å²) in [7, 11) is 0. The summed E-state index contributed by atoms with van der Waals surface area (Å²) in [6.07, 6.45) is 0. The summed E-state index contributed by atoms with van der Waals surface area (Å²) in [6.45, 7) is 5.67. The molecule has 3 heteroatoms. The van der Waals surface area contributed by atoms with E-state index >= 15 is 0 Å². The minimum atomic E-state index is -0.0601. The molecule has 0 heterocycles. The van der Waals surface area contributed by atoms with E-state index in [1.807, 2.05) is 24.3 Å². The van der Waals surface area contributed by atoms with Crippen LogP contribution in [0.25, 0.3) is 0 Å². The normalized spacial score (nSPS) is 10.1. The van der Waals surface area contributed by atoms with E-state index in [9.17, 15) is 4.79 Å². The summed E-state index contributed by atoms with van der Waals surface area (Å²) in [5, 5.41) is 6.12. The standard InChI is InChI=1S/C16H18N2O/c1-11-4-9-16(12(2)10-11)18-15-7-5-14(6-8-15)17-13(3)19/h4-10,18H,1-3H3,(H,17,19). The number of anilines is 3. The van der Waals surface area contributed by atoms with Crippen LogP contribution in [0, 0.1) is 13.8 Å². The molecule has 0 saturated heterocycles. The van der Waals surface area contributed by atoms with Crippen molar-refractivity contribution in [3.63, 3.8) is 0 Å². The van der Waals surface area contributed by atoms with Crippen molar-refractivity contribution < 1.29 is 4.79 Å². The van der Waals surface area contributed by atoms with Crippen LogP contribution in [-0.4, -0.2) is 5.91 Å². The zero-order valence-electron chi connectivity index (χ0n) is 11.4. The van der Waals surface area contributed by atoms with E-state index < -0.39 is 0 Å². The first-order valence-corrected chi connectivity index (χ1v) is 6.26. The van der Waals surface area contributed by atoms with Crippen LogP contribution in [0.5, 0.6) is 0 Å². The third-order valence-corrected chi connectivity index (χ3v) is 2.87. The monoisotopic (exact) mass is 254 g/mol. The molecule has 0 bridgehead atoms. The number of carbonyl (C=O) groups is 1. The number of carbonyl (C=O) groups excluding carboxylic acids is 1. The first-order chi connectivity index (χ1) is 9.04. The fraction of sp³-hybridized carbons (Fsp3) is 0.188. The quantitative estimate of drug-likeness (QED) is 0.869. The summed E-state index contributed by atoms with van der Waals surface area (Å²) in [5.41, 5.74) is 5.37. The van der Waals surface area contributed by atoms with E-state index in [2.05, 4.69) is 42.7 Å². The Morgan fingerprint density at radius 2 is 1.58 bits per heavy atom. The van der Waals surface area contributed by atoms with Crippen molar-refractivity contribution in [3.05, 3.63) is 53.6 Å². The molecular weight excluding hydrogens is 236 g/mol. The highest BCUT2D eigenvalue weighted by Gasteiger charge is 2.00. The van der Waals surface area contributed by atoms with Gasteiger partial charge in [-0.1, -0.05) is 17.7 Å². The van der Waals surface area contributed by atoms with Crippen LogP contribution in [0.3, 0.4) is 0 Å². The van der Waals surface area contributed by atoms with Crippen LogP contribution >= 0.6 is 0 Å². The second-order valence-electron chi connectivity index (χ2n) is 4.70. The van der Waals surface area contributed by atoms with Gasteiger partial charge in [0.15, 0.2) is 0 Å². The maximum absolute atomic E-state index is 10.9. The molecule has 98 valence electrons. The van der Waals surface area contributed by atoms with Gasteiger partial charge in [-0.2, -0.15) is 0 Å². The molecule has 19 heavy (non-hydrogen) atoms. The van der Waals surface area contributed by atoms with Crippen LogP contribution in [0.2, 0.25) is 0 Å². The lowest BCUT2D eigenvalue weighted by molar-refractivity contribution is -0.114. The molecule has 0 saturated carbocycles. The molecule has 0 aliphatic rings. The summed E-state index contributed by atoms with van der Waals surface area (Å²) in [5.74, 6) is -0.0601. The molecule has 2 aromatic rings. The van der Waals surface area contributed by atoms with Crippen molar-refractivity contribution in [1.82, 2.24) is 0 Å². The molecule has 3 nitrogen and oxygen atoms in total. The Morgan fingerprint density at radius 3 is 2.16 bits per heavy atom. The Balaban J connectivity index is 2.13. The molecule has 2 rings (SSSR count). The van der Waals surface area contributed by atoms with Crippen LogP contribution in [0.4, 0.5) is 17.1 Å². The fourth-order valence-electron chi connectivity index (χ4n) is 1.95. The van der Waals surface area contributed by atoms with Gasteiger partial charge in [0.25, 0.3) is 0 Å². The Kier molecular flexibility index (Phi) is 3.85. The molecule has 2 aromatic carbocycles. The van der Waals surface area contributed by atoms with Gasteiger partial charge < -0.3 is 10.6 Å². The average Bonchev–Trinajstić information content (AvgIpc) is 2.34. The molecule has 0 spiro atoms. The van der Waals surface area contributed by atoms with Gasteiger partial charge in [0.2, 0.25) is 5.91 Å². The van der Waals surface area contributed by atoms with Gasteiger partial charge in [0, 0.05) is 24.0 Å². The van der Waals surface area contributed by atoms with Crippen LogP contribution in [0.1, 0.15) is 18.1 Å². The fourth-order valence-corrected chi connectivity index (χ4v) is 1.95. The Hall–Kier alpha value is -2.29. The van der Waals surface area contributed by atoms with Crippen molar-refractivity contribution in [2.75, 3.05) is 10.6 Å². The smallest absolute Gasteiger partial charge is 0.221 e. The van der Waals surface area contributed by atoms with E-state index in [1.165, 1.54) is 18.1 Å². The Bertz CT molecular complexity index is 588. The third kappa shape index (κ3) is 3.58. The summed E-state index contributed by atoms with van der Waals surface area (Å²) < 4.78 is 0. The van der Waals surface area contributed by atoms with Gasteiger partial charge >= 0.3 is 0 Å². The topological polar surface area (TPSA) is 41.1 Å². The average molecular weight is 254 g/mol. The van der Waals surface area contributed by atoms with Crippen LogP contribution in [-0.2, 0) is 4.79 Å². The first-order valence-electron chi connectivity index (χ1n) is 6.26. The lowest BCUT2D eigenvalue weighted by atomic mass is 10.1. The molecule has 0 aromatic heterocycles. The zero-order valence-corrected chi connectivity index (χ0v) is 11.4. The molecule has 2 N–H and O–H groups in total. The number of nitrogens with one attached hydrogen (secondary N) is 2. The minimum absolute atomic E-state index is 0.0601. The SMILES string of the molecule is CC(=O)Nc1ccc(Nc2ccc(C)cc2C)cc1. The maximum Gasteiger partial charge on any atom is 0.221 e. The van der Waals surface area contributed by atoms with Gasteiger partial charge in [0.05, 0.1) is 0 Å². The Morgan fingerprint density at radius 1 is 0.947 bits per heavy atom. The number of hydrogen-bond donors (Lipinski definition) is 2. The van der Waals surface area contributed by atoms with E-state index in [0.717, 1.165) is 17.1 Å². The van der Waals surface area contributed by atoms with Gasteiger partial charge in [-0.15, -0.1) is 0 Å². The van der Waals surface area contributed by atoms with E-state index in [0.29, 0.717) is 0 Å². The highest BCUT2D eigenvalue weighted by atomic mass is 16.1. The lowest BCUT2D eigenvalue weighted by Gasteiger charge is -2.11. The number of aryl methyl sites for hydroxylation is 2. The lowest BCUT2D eigenvalue weighted by Crippen LogP contribution is -2.05. The second kappa shape index (κ2) is 5.57. The summed E-state index contributed by atoms with van der Waals surface area (Å²) in [6, 6.07) is 14.0. The number of benzene rings is 2. The summed E-state index contributed by atoms with van der Waals surface area (Å²) >= 11 is 0. The largest absolute Gasteiger partial charge is 0.355 e. The van der Waals surface area contributed by atoms with E-state index in [-0.39, 0.29) is 5.91 Å². The Labute approximate surface area is 113 Å². The molecule has 1 amide bonds. The second-order valence-corrected chi connectivity index (χ2v) is 4.70. The molecule has 0 aliphatic carbocycles. The van der Waals surface area contributed by atoms with Gasteiger partial charge in [-0.3, -0.25) is 4.79 Å². The van der Waals surface area contributed by atoms with E-state index in [1.54, 1.807) is 0 Å². The first kappa shape index (κ1) is 13.1. The predicted molar refractivity (Wildman–Crippen MR) is 79.9 cm³/mol. The van der Waals surface area contributed by atoms with Crippen molar-refractivity contribution >= 4 is 23.0 Å². The highest BCUT2D eigenvalue weighted by Crippen LogP contribution is 2.22. The minimum Gasteiger partial charge on any atom is -0.355 e. The van der Waals surface area contributed by atoms with Gasteiger partial charge in [0.1, 0.15) is 0 Å². The summed E-state index contributed by atoms with van der Waals surface area (Å²) in [4.78, 5) is 10.9. The van der Waals surface area contributed by atoms with Crippen molar-refractivity contribution in [2.24, 2.45) is 0 Å². The molecule has 0 atom stereocenters. The predicted octanol–water partition coefficient (Wildman–Crippen LogP) is 4.01. The molecular formula is C16H18N2O.